The zero-order valence-corrected chi connectivity index (χ0v) is 11.6. The molecule has 0 saturated heterocycles. The van der Waals surface area contributed by atoms with Gasteiger partial charge >= 0.3 is 0 Å². The Balaban J connectivity index is 1.89. The summed E-state index contributed by atoms with van der Waals surface area (Å²) in [6, 6.07) is 15.7. The van der Waals surface area contributed by atoms with Crippen LogP contribution < -0.4 is 4.74 Å². The van der Waals surface area contributed by atoms with Gasteiger partial charge in [-0.05, 0) is 55.0 Å². The average Bonchev–Trinajstić information content (AvgIpc) is 2.58. The van der Waals surface area contributed by atoms with E-state index in [2.05, 4.69) is 18.2 Å². The molecule has 2 heteroatoms. The second-order valence-electron chi connectivity index (χ2n) is 5.41. The number of hydrogen-bond acceptors (Lipinski definition) is 2. The molecule has 0 fully saturated rings. The maximum absolute atomic E-state index is 9.42. The van der Waals surface area contributed by atoms with Crippen molar-refractivity contribution in [1.29, 1.82) is 0 Å². The van der Waals surface area contributed by atoms with E-state index in [0.717, 1.165) is 24.2 Å². The van der Waals surface area contributed by atoms with E-state index >= 15 is 0 Å². The summed E-state index contributed by atoms with van der Waals surface area (Å²) in [5.74, 6) is 1.31. The molecular weight excluding hydrogens is 248 g/mol. The highest BCUT2D eigenvalue weighted by Crippen LogP contribution is 2.32. The van der Waals surface area contributed by atoms with Gasteiger partial charge in [0.25, 0.3) is 0 Å². The van der Waals surface area contributed by atoms with Gasteiger partial charge in [0, 0.05) is 0 Å². The predicted molar refractivity (Wildman–Crippen MR) is 80.1 cm³/mol. The Morgan fingerprint density at radius 3 is 2.55 bits per heavy atom. The van der Waals surface area contributed by atoms with Gasteiger partial charge in [-0.25, -0.2) is 0 Å². The number of fused-ring (bicyclic) bond motifs is 1. The first-order valence-corrected chi connectivity index (χ1v) is 7.36. The molecule has 0 bridgehead atoms. The fourth-order valence-corrected chi connectivity index (χ4v) is 2.78. The molecule has 0 aliphatic carbocycles. The summed E-state index contributed by atoms with van der Waals surface area (Å²) in [7, 11) is 0. The number of ether oxygens (including phenoxy) is 1. The van der Waals surface area contributed by atoms with E-state index in [-0.39, 0.29) is 6.10 Å². The van der Waals surface area contributed by atoms with Gasteiger partial charge in [0.05, 0.1) is 0 Å². The fourth-order valence-electron chi connectivity index (χ4n) is 2.78. The average molecular weight is 268 g/mol. The lowest BCUT2D eigenvalue weighted by Gasteiger charge is -2.20. The van der Waals surface area contributed by atoms with Gasteiger partial charge in [0.1, 0.15) is 17.6 Å². The number of hydrogen-bond donors (Lipinski definition) is 1. The first kappa shape index (κ1) is 13.0. The quantitative estimate of drug-likeness (QED) is 0.817. The van der Waals surface area contributed by atoms with Crippen molar-refractivity contribution >= 4 is 0 Å². The maximum Gasteiger partial charge on any atom is 0.124 e. The highest BCUT2D eigenvalue weighted by molar-refractivity contribution is 5.35. The van der Waals surface area contributed by atoms with E-state index in [9.17, 15) is 5.11 Å². The van der Waals surface area contributed by atoms with Crippen LogP contribution in [0.3, 0.4) is 0 Å². The van der Waals surface area contributed by atoms with Crippen LogP contribution in [0.5, 0.6) is 11.5 Å². The van der Waals surface area contributed by atoms with Crippen molar-refractivity contribution in [1.82, 2.24) is 0 Å². The Morgan fingerprint density at radius 2 is 1.70 bits per heavy atom. The van der Waals surface area contributed by atoms with E-state index in [4.69, 9.17) is 4.74 Å². The van der Waals surface area contributed by atoms with Crippen LogP contribution in [0.2, 0.25) is 0 Å². The van der Waals surface area contributed by atoms with Crippen LogP contribution in [0.1, 0.15) is 42.9 Å². The molecule has 2 aromatic carbocycles. The van der Waals surface area contributed by atoms with Gasteiger partial charge in [-0.1, -0.05) is 36.8 Å². The molecule has 104 valence electrons. The molecule has 1 aliphatic heterocycles. The number of rotatable bonds is 1. The minimum Gasteiger partial charge on any atom is -0.508 e. The standard InChI is InChI=1S/C18H20O2/c19-16-12-10-15(11-13-16)18-8-3-1-2-6-14-7-4-5-9-17(14)20-18/h4-5,7,9-13,18-19H,1-3,6,8H2. The largest absolute Gasteiger partial charge is 0.508 e. The first-order valence-electron chi connectivity index (χ1n) is 7.36. The summed E-state index contributed by atoms with van der Waals surface area (Å²) in [4.78, 5) is 0. The van der Waals surface area contributed by atoms with Crippen LogP contribution in [0, 0.1) is 0 Å². The van der Waals surface area contributed by atoms with Crippen LogP contribution in [0.15, 0.2) is 48.5 Å². The van der Waals surface area contributed by atoms with Crippen LogP contribution >= 0.6 is 0 Å². The summed E-state index contributed by atoms with van der Waals surface area (Å²) in [5.41, 5.74) is 2.44. The predicted octanol–water partition coefficient (Wildman–Crippen LogP) is 4.63. The molecule has 0 amide bonds. The molecule has 20 heavy (non-hydrogen) atoms. The molecule has 2 aromatic rings. The Morgan fingerprint density at radius 1 is 0.900 bits per heavy atom. The highest BCUT2D eigenvalue weighted by atomic mass is 16.5. The number of phenolic OH excluding ortho intramolecular Hbond substituents is 1. The van der Waals surface area contributed by atoms with Gasteiger partial charge in [-0.2, -0.15) is 0 Å². The van der Waals surface area contributed by atoms with E-state index in [1.165, 1.54) is 24.8 Å². The Kier molecular flexibility index (Phi) is 3.91. The zero-order valence-electron chi connectivity index (χ0n) is 11.6. The monoisotopic (exact) mass is 268 g/mol. The van der Waals surface area contributed by atoms with Gasteiger partial charge in [-0.15, -0.1) is 0 Å². The topological polar surface area (TPSA) is 29.5 Å². The Labute approximate surface area is 120 Å². The fraction of sp³-hybridized carbons (Fsp3) is 0.333. The third kappa shape index (κ3) is 2.96. The van der Waals surface area contributed by atoms with E-state index < -0.39 is 0 Å². The van der Waals surface area contributed by atoms with E-state index in [0.29, 0.717) is 5.75 Å². The number of aryl methyl sites for hydroxylation is 1. The lowest BCUT2D eigenvalue weighted by atomic mass is 10.0. The number of benzene rings is 2. The minimum atomic E-state index is 0.0786. The highest BCUT2D eigenvalue weighted by Gasteiger charge is 2.16. The molecular formula is C18H20O2. The summed E-state index contributed by atoms with van der Waals surface area (Å²) in [6.07, 6.45) is 5.85. The normalized spacial score (nSPS) is 19.1. The van der Waals surface area contributed by atoms with Gasteiger partial charge in [0.15, 0.2) is 0 Å². The Hall–Kier alpha value is -1.96. The van der Waals surface area contributed by atoms with Crippen LogP contribution in [0.4, 0.5) is 0 Å². The summed E-state index contributed by atoms with van der Waals surface area (Å²) >= 11 is 0. The van der Waals surface area contributed by atoms with Crippen molar-refractivity contribution in [3.05, 3.63) is 59.7 Å². The summed E-state index contributed by atoms with van der Waals surface area (Å²) in [6.45, 7) is 0. The second kappa shape index (κ2) is 6.00. The summed E-state index contributed by atoms with van der Waals surface area (Å²) in [5, 5.41) is 9.42. The van der Waals surface area contributed by atoms with Crippen molar-refractivity contribution in [3.8, 4) is 11.5 Å². The lowest BCUT2D eigenvalue weighted by molar-refractivity contribution is 0.191. The first-order chi connectivity index (χ1) is 9.83. The minimum absolute atomic E-state index is 0.0786. The third-order valence-corrected chi connectivity index (χ3v) is 3.92. The van der Waals surface area contributed by atoms with Gasteiger partial charge in [-0.3, -0.25) is 0 Å². The molecule has 1 atom stereocenters. The molecule has 1 aliphatic rings. The van der Waals surface area contributed by atoms with Crippen LogP contribution in [0.25, 0.3) is 0 Å². The van der Waals surface area contributed by atoms with Crippen LogP contribution in [-0.4, -0.2) is 5.11 Å². The maximum atomic E-state index is 9.42. The molecule has 0 radical (unpaired) electrons. The third-order valence-electron chi connectivity index (χ3n) is 3.92. The van der Waals surface area contributed by atoms with Gasteiger partial charge in [0.2, 0.25) is 0 Å². The van der Waals surface area contributed by atoms with Crippen molar-refractivity contribution in [2.24, 2.45) is 0 Å². The van der Waals surface area contributed by atoms with Crippen molar-refractivity contribution in [2.75, 3.05) is 0 Å². The van der Waals surface area contributed by atoms with Crippen molar-refractivity contribution in [2.45, 2.75) is 38.2 Å². The number of aromatic hydroxyl groups is 1. The molecule has 1 heterocycles. The molecule has 1 N–H and O–H groups in total. The zero-order chi connectivity index (χ0) is 13.8. The van der Waals surface area contributed by atoms with E-state index in [1.807, 2.05) is 18.2 Å². The van der Waals surface area contributed by atoms with Gasteiger partial charge < -0.3 is 9.84 Å². The number of para-hydroxylation sites is 1. The lowest BCUT2D eigenvalue weighted by Crippen LogP contribution is -2.08. The molecule has 3 rings (SSSR count). The second-order valence-corrected chi connectivity index (χ2v) is 5.41. The number of phenols is 1. The van der Waals surface area contributed by atoms with E-state index in [1.54, 1.807) is 12.1 Å². The molecule has 0 saturated carbocycles. The smallest absolute Gasteiger partial charge is 0.124 e. The molecule has 0 spiro atoms. The van der Waals surface area contributed by atoms with Crippen molar-refractivity contribution in [3.63, 3.8) is 0 Å². The summed E-state index contributed by atoms with van der Waals surface area (Å²) < 4.78 is 6.26. The SMILES string of the molecule is Oc1ccc(C2CCCCCc3ccccc3O2)cc1. The molecule has 0 aromatic heterocycles. The Bertz CT molecular complexity index is 560. The molecule has 2 nitrogen and oxygen atoms in total. The van der Waals surface area contributed by atoms with Crippen LogP contribution in [-0.2, 0) is 6.42 Å². The molecule has 1 unspecified atom stereocenters. The van der Waals surface area contributed by atoms with Crippen molar-refractivity contribution < 1.29 is 9.84 Å².